The van der Waals surface area contributed by atoms with E-state index in [2.05, 4.69) is 20.6 Å². The minimum absolute atomic E-state index is 0.0447. The maximum Gasteiger partial charge on any atom is 0.303 e. The van der Waals surface area contributed by atoms with E-state index in [1.54, 1.807) is 13.8 Å². The summed E-state index contributed by atoms with van der Waals surface area (Å²) < 4.78 is 18.9. The van der Waals surface area contributed by atoms with Crippen molar-refractivity contribution < 1.29 is 29.3 Å². The minimum Gasteiger partial charge on any atom is -0.347 e. The SMILES string of the molecule is CC.CC(C)C(=O)Nc1nc(NC2CCC(C(O)(O)O)O2)c(N(C)F)c(=O)[nH]1. The smallest absolute Gasteiger partial charge is 0.303 e. The third-order valence-corrected chi connectivity index (χ3v) is 3.72. The summed E-state index contributed by atoms with van der Waals surface area (Å²) in [6.07, 6.45) is -1.82. The van der Waals surface area contributed by atoms with Crippen molar-refractivity contribution in [3.8, 4) is 0 Å². The van der Waals surface area contributed by atoms with Crippen molar-refractivity contribution in [1.82, 2.24) is 9.97 Å². The van der Waals surface area contributed by atoms with Crippen LogP contribution in [-0.2, 0) is 9.53 Å². The zero-order valence-corrected chi connectivity index (χ0v) is 16.5. The molecule has 1 aliphatic heterocycles. The highest BCUT2D eigenvalue weighted by molar-refractivity contribution is 5.90. The zero-order valence-electron chi connectivity index (χ0n) is 16.5. The quantitative estimate of drug-likeness (QED) is 0.288. The number of carbonyl (C=O) groups excluding carboxylic acids is 1. The predicted molar refractivity (Wildman–Crippen MR) is 100 cm³/mol. The van der Waals surface area contributed by atoms with Crippen molar-refractivity contribution in [3.05, 3.63) is 10.4 Å². The fourth-order valence-electron chi connectivity index (χ4n) is 2.35. The van der Waals surface area contributed by atoms with Gasteiger partial charge < -0.3 is 25.4 Å². The fourth-order valence-corrected chi connectivity index (χ4v) is 2.35. The zero-order chi connectivity index (χ0) is 21.6. The fraction of sp³-hybridized carbons (Fsp3) is 0.688. The summed E-state index contributed by atoms with van der Waals surface area (Å²) in [6.45, 7) is 7.29. The predicted octanol–water partition coefficient (Wildman–Crippen LogP) is 0.259. The molecule has 1 aromatic heterocycles. The van der Waals surface area contributed by atoms with E-state index in [0.717, 1.165) is 7.05 Å². The third-order valence-electron chi connectivity index (χ3n) is 3.72. The molecule has 0 radical (unpaired) electrons. The van der Waals surface area contributed by atoms with Crippen LogP contribution in [0.15, 0.2) is 4.79 Å². The maximum absolute atomic E-state index is 13.7. The van der Waals surface area contributed by atoms with E-state index in [-0.39, 0.29) is 35.6 Å². The molecular formula is C16H28FN5O6. The third kappa shape index (κ3) is 6.12. The van der Waals surface area contributed by atoms with Gasteiger partial charge in [-0.15, -0.1) is 0 Å². The van der Waals surface area contributed by atoms with Crippen molar-refractivity contribution in [3.63, 3.8) is 0 Å². The monoisotopic (exact) mass is 405 g/mol. The number of rotatable bonds is 6. The highest BCUT2D eigenvalue weighted by Gasteiger charge is 2.40. The van der Waals surface area contributed by atoms with Crippen molar-refractivity contribution in [1.29, 1.82) is 0 Å². The first kappa shape index (κ1) is 23.8. The molecular weight excluding hydrogens is 377 g/mol. The molecule has 1 fully saturated rings. The van der Waals surface area contributed by atoms with Crippen LogP contribution < -0.4 is 21.3 Å². The van der Waals surface area contributed by atoms with E-state index in [1.807, 2.05) is 13.8 Å². The second-order valence-corrected chi connectivity index (χ2v) is 6.26. The van der Waals surface area contributed by atoms with Gasteiger partial charge in [0.15, 0.2) is 11.5 Å². The molecule has 1 aliphatic rings. The van der Waals surface area contributed by atoms with Gasteiger partial charge in [-0.05, 0) is 12.8 Å². The van der Waals surface area contributed by atoms with Gasteiger partial charge in [0.1, 0.15) is 12.3 Å². The summed E-state index contributed by atoms with van der Waals surface area (Å²) in [7, 11) is 0.988. The molecule has 0 bridgehead atoms. The number of hydrogen-bond acceptors (Lipinski definition) is 9. The Morgan fingerprint density at radius 1 is 1.36 bits per heavy atom. The average Bonchev–Trinajstić information content (AvgIpc) is 3.04. The number of H-pyrrole nitrogens is 1. The summed E-state index contributed by atoms with van der Waals surface area (Å²) in [5, 5.41) is 32.6. The Labute approximate surface area is 161 Å². The van der Waals surface area contributed by atoms with Gasteiger partial charge in [-0.25, -0.2) is 5.12 Å². The first-order valence-corrected chi connectivity index (χ1v) is 8.92. The van der Waals surface area contributed by atoms with Crippen molar-refractivity contribution in [2.24, 2.45) is 5.92 Å². The standard InChI is InChI=1S/C14H22FN5O6.C2H6/c1-6(2)11(21)18-13-17-10(9(20(3)15)12(22)19-13)16-8-5-4-7(26-8)14(23,24)25;1-2/h6-8,23-25H,4-5H2,1-3H3,(H3,16,17,18,19,21,22);1-2H3. The molecule has 160 valence electrons. The lowest BCUT2D eigenvalue weighted by molar-refractivity contribution is -0.357. The number of carbonyl (C=O) groups is 1. The summed E-state index contributed by atoms with van der Waals surface area (Å²) in [5.41, 5.74) is -1.30. The van der Waals surface area contributed by atoms with Gasteiger partial charge in [0.05, 0.1) is 0 Å². The number of halogens is 1. The van der Waals surface area contributed by atoms with E-state index in [9.17, 15) is 14.1 Å². The first-order chi connectivity index (χ1) is 13.0. The molecule has 2 rings (SSSR count). The summed E-state index contributed by atoms with van der Waals surface area (Å²) in [4.78, 5) is 30.1. The second kappa shape index (κ2) is 9.78. The van der Waals surface area contributed by atoms with Crippen LogP contribution in [0.2, 0.25) is 0 Å². The van der Waals surface area contributed by atoms with Gasteiger partial charge in [-0.2, -0.15) is 4.98 Å². The number of hydrogen-bond donors (Lipinski definition) is 6. The molecule has 0 aliphatic carbocycles. The van der Waals surface area contributed by atoms with Crippen LogP contribution >= 0.6 is 0 Å². The number of nitrogens with zero attached hydrogens (tertiary/aromatic N) is 2. The molecule has 12 heteroatoms. The number of ether oxygens (including phenoxy) is 1. The van der Waals surface area contributed by atoms with Crippen LogP contribution in [0.4, 0.5) is 21.9 Å². The number of aliphatic hydroxyl groups is 3. The van der Waals surface area contributed by atoms with Crippen molar-refractivity contribution >= 4 is 23.4 Å². The Bertz CT molecular complexity index is 718. The van der Waals surface area contributed by atoms with Crippen molar-refractivity contribution in [2.75, 3.05) is 22.8 Å². The summed E-state index contributed by atoms with van der Waals surface area (Å²) in [5.74, 6) is -4.19. The van der Waals surface area contributed by atoms with Crippen LogP contribution in [0.3, 0.4) is 0 Å². The highest BCUT2D eigenvalue weighted by Crippen LogP contribution is 2.28. The number of aromatic nitrogens is 2. The highest BCUT2D eigenvalue weighted by atomic mass is 19.2. The molecule has 1 saturated heterocycles. The van der Waals surface area contributed by atoms with Crippen LogP contribution in [0.5, 0.6) is 0 Å². The molecule has 0 saturated carbocycles. The first-order valence-electron chi connectivity index (χ1n) is 8.92. The van der Waals surface area contributed by atoms with Crippen LogP contribution in [-0.4, -0.2) is 56.5 Å². The lowest BCUT2D eigenvalue weighted by Crippen LogP contribution is -2.42. The van der Waals surface area contributed by atoms with Crippen LogP contribution in [0.25, 0.3) is 0 Å². The lowest BCUT2D eigenvalue weighted by Gasteiger charge is -2.23. The lowest BCUT2D eigenvalue weighted by atomic mass is 10.2. The van der Waals surface area contributed by atoms with Gasteiger partial charge in [-0.1, -0.05) is 32.2 Å². The average molecular weight is 405 g/mol. The number of anilines is 3. The van der Waals surface area contributed by atoms with Crippen molar-refractivity contribution in [2.45, 2.75) is 58.8 Å². The molecule has 1 amide bonds. The van der Waals surface area contributed by atoms with Gasteiger partial charge in [0, 0.05) is 13.0 Å². The van der Waals surface area contributed by atoms with Crippen LogP contribution in [0.1, 0.15) is 40.5 Å². The Balaban J connectivity index is 0.00000190. The molecule has 2 heterocycles. The molecule has 28 heavy (non-hydrogen) atoms. The Morgan fingerprint density at radius 2 is 1.96 bits per heavy atom. The maximum atomic E-state index is 13.7. The van der Waals surface area contributed by atoms with E-state index in [0.29, 0.717) is 0 Å². The Morgan fingerprint density at radius 3 is 2.43 bits per heavy atom. The van der Waals surface area contributed by atoms with Crippen LogP contribution in [0, 0.1) is 5.92 Å². The molecule has 1 aromatic rings. The summed E-state index contributed by atoms with van der Waals surface area (Å²) >= 11 is 0. The molecule has 2 atom stereocenters. The minimum atomic E-state index is -3.02. The van der Waals surface area contributed by atoms with E-state index >= 15 is 0 Å². The normalized spacial score (nSPS) is 19.1. The topological polar surface area (TPSA) is 160 Å². The molecule has 0 aromatic carbocycles. The summed E-state index contributed by atoms with van der Waals surface area (Å²) in [6, 6.07) is 0. The van der Waals surface area contributed by atoms with E-state index in [1.165, 1.54) is 0 Å². The molecule has 2 unspecified atom stereocenters. The largest absolute Gasteiger partial charge is 0.347 e. The number of amides is 1. The van der Waals surface area contributed by atoms with Gasteiger partial charge in [-0.3, -0.25) is 19.9 Å². The number of nitrogens with one attached hydrogen (secondary N) is 3. The van der Waals surface area contributed by atoms with E-state index in [4.69, 9.17) is 20.1 Å². The Hall–Kier alpha value is -2.28. The van der Waals surface area contributed by atoms with Gasteiger partial charge in [0.25, 0.3) is 5.56 Å². The van der Waals surface area contributed by atoms with Gasteiger partial charge in [0.2, 0.25) is 11.9 Å². The van der Waals surface area contributed by atoms with E-state index < -0.39 is 35.5 Å². The molecule has 11 nitrogen and oxygen atoms in total. The van der Waals surface area contributed by atoms with Gasteiger partial charge >= 0.3 is 5.97 Å². The number of aromatic amines is 1. The second-order valence-electron chi connectivity index (χ2n) is 6.26. The molecule has 0 spiro atoms. The molecule has 6 N–H and O–H groups in total. The Kier molecular flexibility index (Phi) is 8.29.